The molecular weight excluding hydrogens is 261 g/mol. The van der Waals surface area contributed by atoms with Crippen LogP contribution in [-0.4, -0.2) is 17.5 Å². The molecule has 0 radical (unpaired) electrons. The summed E-state index contributed by atoms with van der Waals surface area (Å²) in [7, 11) is 0. The molecule has 1 aromatic carbocycles. The number of anilines is 1. The van der Waals surface area contributed by atoms with Crippen molar-refractivity contribution >= 4 is 17.4 Å². The van der Waals surface area contributed by atoms with E-state index in [9.17, 15) is 13.2 Å². The summed E-state index contributed by atoms with van der Waals surface area (Å²) in [6, 6.07) is 5.43. The first-order chi connectivity index (χ1) is 8.50. The molecule has 0 spiro atoms. The summed E-state index contributed by atoms with van der Waals surface area (Å²) < 4.78 is 38.7. The minimum absolute atomic E-state index is 0.0219. The SMILES string of the molecule is N#Cc1ccc(NC2CCSC2)c(C(F)(F)F)c1. The molecule has 0 aliphatic carbocycles. The number of nitrogens with zero attached hydrogens (tertiary/aromatic N) is 1. The number of nitriles is 1. The van der Waals surface area contributed by atoms with Crippen LogP contribution in [0.4, 0.5) is 18.9 Å². The lowest BCUT2D eigenvalue weighted by molar-refractivity contribution is -0.137. The van der Waals surface area contributed by atoms with Crippen molar-refractivity contribution in [3.8, 4) is 6.07 Å². The highest BCUT2D eigenvalue weighted by atomic mass is 32.2. The fourth-order valence-electron chi connectivity index (χ4n) is 1.84. The number of hydrogen-bond acceptors (Lipinski definition) is 3. The second kappa shape index (κ2) is 5.11. The molecule has 2 rings (SSSR count). The van der Waals surface area contributed by atoms with Crippen LogP contribution >= 0.6 is 11.8 Å². The molecule has 1 heterocycles. The van der Waals surface area contributed by atoms with E-state index in [0.29, 0.717) is 0 Å². The van der Waals surface area contributed by atoms with E-state index in [1.54, 1.807) is 17.8 Å². The number of thioether (sulfide) groups is 1. The molecule has 1 aliphatic rings. The fourth-order valence-corrected chi connectivity index (χ4v) is 2.99. The van der Waals surface area contributed by atoms with Gasteiger partial charge in [-0.15, -0.1) is 0 Å². The quantitative estimate of drug-likeness (QED) is 0.895. The molecule has 0 bridgehead atoms. The maximum absolute atomic E-state index is 12.9. The first-order valence-electron chi connectivity index (χ1n) is 5.46. The van der Waals surface area contributed by atoms with Gasteiger partial charge in [-0.25, -0.2) is 0 Å². The van der Waals surface area contributed by atoms with Crippen LogP contribution in [-0.2, 0) is 6.18 Å². The number of alkyl halides is 3. The minimum atomic E-state index is -4.44. The van der Waals surface area contributed by atoms with Crippen molar-refractivity contribution in [1.82, 2.24) is 0 Å². The van der Waals surface area contributed by atoms with Gasteiger partial charge in [0.05, 0.1) is 17.2 Å². The van der Waals surface area contributed by atoms with Crippen molar-refractivity contribution in [2.24, 2.45) is 0 Å². The highest BCUT2D eigenvalue weighted by Gasteiger charge is 2.34. The molecule has 0 amide bonds. The lowest BCUT2D eigenvalue weighted by Gasteiger charge is -2.18. The van der Waals surface area contributed by atoms with Crippen LogP contribution in [0.15, 0.2) is 18.2 Å². The zero-order chi connectivity index (χ0) is 13.2. The molecule has 96 valence electrons. The Balaban J connectivity index is 2.30. The summed E-state index contributed by atoms with van der Waals surface area (Å²) >= 11 is 1.73. The predicted molar refractivity (Wildman–Crippen MR) is 65.5 cm³/mol. The van der Waals surface area contributed by atoms with Crippen LogP contribution in [0.25, 0.3) is 0 Å². The van der Waals surface area contributed by atoms with Crippen molar-refractivity contribution in [3.05, 3.63) is 29.3 Å². The van der Waals surface area contributed by atoms with Crippen LogP contribution in [0.5, 0.6) is 0 Å². The van der Waals surface area contributed by atoms with Crippen LogP contribution in [0.3, 0.4) is 0 Å². The molecule has 2 nitrogen and oxygen atoms in total. The van der Waals surface area contributed by atoms with Gasteiger partial charge in [-0.2, -0.15) is 30.2 Å². The van der Waals surface area contributed by atoms with E-state index < -0.39 is 11.7 Å². The Kier molecular flexibility index (Phi) is 3.71. The lowest BCUT2D eigenvalue weighted by Crippen LogP contribution is -2.21. The van der Waals surface area contributed by atoms with Gasteiger partial charge in [-0.1, -0.05) is 0 Å². The number of hydrogen-bond donors (Lipinski definition) is 1. The van der Waals surface area contributed by atoms with Gasteiger partial charge in [0.15, 0.2) is 0 Å². The summed E-state index contributed by atoms with van der Waals surface area (Å²) in [5, 5.41) is 11.6. The molecule has 0 saturated carbocycles. The van der Waals surface area contributed by atoms with E-state index in [1.165, 1.54) is 12.1 Å². The first-order valence-corrected chi connectivity index (χ1v) is 6.62. The van der Waals surface area contributed by atoms with E-state index in [0.717, 1.165) is 24.0 Å². The Labute approximate surface area is 107 Å². The molecule has 1 N–H and O–H groups in total. The van der Waals surface area contributed by atoms with Crippen LogP contribution in [0, 0.1) is 11.3 Å². The van der Waals surface area contributed by atoms with Crippen molar-refractivity contribution in [1.29, 1.82) is 5.26 Å². The Morgan fingerprint density at radius 3 is 2.72 bits per heavy atom. The topological polar surface area (TPSA) is 35.8 Å². The van der Waals surface area contributed by atoms with E-state index in [-0.39, 0.29) is 17.3 Å². The Morgan fingerprint density at radius 1 is 1.39 bits per heavy atom. The van der Waals surface area contributed by atoms with Crippen LogP contribution < -0.4 is 5.32 Å². The Bertz CT molecular complexity index is 473. The zero-order valence-corrected chi connectivity index (χ0v) is 10.2. The average Bonchev–Trinajstić information content (AvgIpc) is 2.81. The van der Waals surface area contributed by atoms with Gasteiger partial charge in [-0.3, -0.25) is 0 Å². The molecule has 1 atom stereocenters. The summed E-state index contributed by atoms with van der Waals surface area (Å²) in [6.07, 6.45) is -3.58. The molecule has 1 aliphatic heterocycles. The lowest BCUT2D eigenvalue weighted by atomic mass is 10.1. The number of halogens is 3. The summed E-state index contributed by atoms with van der Waals surface area (Å²) in [5.74, 6) is 1.78. The first kappa shape index (κ1) is 13.1. The minimum Gasteiger partial charge on any atom is -0.381 e. The summed E-state index contributed by atoms with van der Waals surface area (Å²) in [4.78, 5) is 0. The monoisotopic (exact) mass is 272 g/mol. The smallest absolute Gasteiger partial charge is 0.381 e. The second-order valence-electron chi connectivity index (χ2n) is 4.07. The average molecular weight is 272 g/mol. The molecule has 1 saturated heterocycles. The van der Waals surface area contributed by atoms with Gasteiger partial charge in [0, 0.05) is 17.5 Å². The van der Waals surface area contributed by atoms with Gasteiger partial charge >= 0.3 is 6.18 Å². The van der Waals surface area contributed by atoms with E-state index >= 15 is 0 Å². The molecule has 0 aromatic heterocycles. The van der Waals surface area contributed by atoms with E-state index in [4.69, 9.17) is 5.26 Å². The van der Waals surface area contributed by atoms with Crippen LogP contribution in [0.1, 0.15) is 17.5 Å². The third-order valence-electron chi connectivity index (χ3n) is 2.74. The van der Waals surface area contributed by atoms with Gasteiger partial charge in [0.2, 0.25) is 0 Å². The predicted octanol–water partition coefficient (Wildman–Crippen LogP) is 3.49. The van der Waals surface area contributed by atoms with Gasteiger partial charge in [-0.05, 0) is 30.4 Å². The summed E-state index contributed by atoms with van der Waals surface area (Å²) in [5.41, 5.74) is -0.680. The normalized spacial score (nSPS) is 19.6. The summed E-state index contributed by atoms with van der Waals surface area (Å²) in [6.45, 7) is 0. The van der Waals surface area contributed by atoms with E-state index in [2.05, 4.69) is 5.32 Å². The van der Waals surface area contributed by atoms with Crippen molar-refractivity contribution in [2.45, 2.75) is 18.6 Å². The molecular formula is C12H11F3N2S. The third-order valence-corrected chi connectivity index (χ3v) is 3.91. The van der Waals surface area contributed by atoms with E-state index in [1.807, 2.05) is 0 Å². The maximum Gasteiger partial charge on any atom is 0.418 e. The highest BCUT2D eigenvalue weighted by molar-refractivity contribution is 7.99. The number of nitrogens with one attached hydrogen (secondary N) is 1. The number of rotatable bonds is 2. The zero-order valence-electron chi connectivity index (χ0n) is 9.42. The van der Waals surface area contributed by atoms with Gasteiger partial charge < -0.3 is 5.32 Å². The van der Waals surface area contributed by atoms with Crippen molar-refractivity contribution in [3.63, 3.8) is 0 Å². The maximum atomic E-state index is 12.9. The van der Waals surface area contributed by atoms with Crippen molar-refractivity contribution in [2.75, 3.05) is 16.8 Å². The van der Waals surface area contributed by atoms with Gasteiger partial charge in [0.1, 0.15) is 0 Å². The van der Waals surface area contributed by atoms with Crippen molar-refractivity contribution < 1.29 is 13.2 Å². The molecule has 1 fully saturated rings. The highest BCUT2D eigenvalue weighted by Crippen LogP contribution is 2.36. The Hall–Kier alpha value is -1.35. The van der Waals surface area contributed by atoms with Crippen LogP contribution in [0.2, 0.25) is 0 Å². The number of benzene rings is 1. The molecule has 1 unspecified atom stereocenters. The Morgan fingerprint density at radius 2 is 2.17 bits per heavy atom. The third kappa shape index (κ3) is 2.91. The molecule has 6 heteroatoms. The molecule has 1 aromatic rings. The largest absolute Gasteiger partial charge is 0.418 e. The van der Waals surface area contributed by atoms with Gasteiger partial charge in [0.25, 0.3) is 0 Å². The second-order valence-corrected chi connectivity index (χ2v) is 5.22. The standard InChI is InChI=1S/C12H11F3N2S/c13-12(14,15)10-5-8(6-16)1-2-11(10)17-9-3-4-18-7-9/h1-2,5,9,17H,3-4,7H2. The fraction of sp³-hybridized carbons (Fsp3) is 0.417. The molecule has 18 heavy (non-hydrogen) atoms.